The number of aryl methyl sites for hydroxylation is 1. The lowest BCUT2D eigenvalue weighted by Crippen LogP contribution is -2.27. The Bertz CT molecular complexity index is 606. The van der Waals surface area contributed by atoms with E-state index in [-0.39, 0.29) is 5.03 Å². The minimum atomic E-state index is -3.62. The number of sulfonamides is 1. The Morgan fingerprint density at radius 3 is 2.59 bits per heavy atom. The Labute approximate surface area is 99.4 Å². The second kappa shape index (κ2) is 4.17. The van der Waals surface area contributed by atoms with Crippen LogP contribution in [0.15, 0.2) is 35.6 Å². The van der Waals surface area contributed by atoms with Gasteiger partial charge in [-0.2, -0.15) is 8.42 Å². The summed E-state index contributed by atoms with van der Waals surface area (Å²) in [4.78, 5) is 10.6. The van der Waals surface area contributed by atoms with Gasteiger partial charge in [-0.05, 0) is 19.1 Å². The summed E-state index contributed by atoms with van der Waals surface area (Å²) < 4.78 is 25.4. The summed E-state index contributed by atoms with van der Waals surface area (Å²) in [5, 5.41) is 0.0585. The highest BCUT2D eigenvalue weighted by Gasteiger charge is 2.23. The van der Waals surface area contributed by atoms with Crippen molar-refractivity contribution in [3.8, 4) is 0 Å². The molecule has 2 rings (SSSR count). The van der Waals surface area contributed by atoms with Gasteiger partial charge in [-0.3, -0.25) is 4.31 Å². The minimum Gasteiger partial charge on any atom is -0.332 e. The summed E-state index contributed by atoms with van der Waals surface area (Å²) in [5.74, 6) is 0.915. The number of hydrogen-bond donors (Lipinski definition) is 1. The number of nitrogens with one attached hydrogen (secondary N) is 1. The van der Waals surface area contributed by atoms with Crippen LogP contribution in [0.4, 0.5) is 5.82 Å². The molecule has 17 heavy (non-hydrogen) atoms. The predicted molar refractivity (Wildman–Crippen MR) is 63.2 cm³/mol. The molecule has 0 aliphatic rings. The number of nitrogens with zero attached hydrogens (tertiary/aromatic N) is 3. The van der Waals surface area contributed by atoms with Crippen LogP contribution in [0.2, 0.25) is 0 Å². The number of aromatic nitrogens is 3. The SMILES string of the molecule is Cc1ncc(S(=O)(=O)N(C)c2ccccn2)[nH]1. The highest BCUT2D eigenvalue weighted by molar-refractivity contribution is 7.92. The Kier molecular flexibility index (Phi) is 2.84. The zero-order valence-electron chi connectivity index (χ0n) is 9.45. The van der Waals surface area contributed by atoms with Crippen molar-refractivity contribution in [1.29, 1.82) is 0 Å². The molecule has 0 fully saturated rings. The van der Waals surface area contributed by atoms with E-state index in [0.29, 0.717) is 11.6 Å². The van der Waals surface area contributed by atoms with Crippen molar-refractivity contribution in [1.82, 2.24) is 15.0 Å². The summed E-state index contributed by atoms with van der Waals surface area (Å²) in [6, 6.07) is 5.08. The van der Waals surface area contributed by atoms with Crippen molar-refractivity contribution in [2.24, 2.45) is 0 Å². The van der Waals surface area contributed by atoms with Crippen LogP contribution in [-0.4, -0.2) is 30.4 Å². The van der Waals surface area contributed by atoms with Crippen LogP contribution in [-0.2, 0) is 10.0 Å². The maximum absolute atomic E-state index is 12.2. The summed E-state index contributed by atoms with van der Waals surface area (Å²) in [5.41, 5.74) is 0. The fourth-order valence-electron chi connectivity index (χ4n) is 1.34. The number of pyridine rings is 1. The molecule has 0 atom stereocenters. The molecule has 0 spiro atoms. The van der Waals surface area contributed by atoms with Gasteiger partial charge in [-0.1, -0.05) is 6.07 Å². The number of H-pyrrole nitrogens is 1. The van der Waals surface area contributed by atoms with Crippen LogP contribution < -0.4 is 4.31 Å². The van der Waals surface area contributed by atoms with Gasteiger partial charge in [0, 0.05) is 13.2 Å². The Morgan fingerprint density at radius 2 is 2.06 bits per heavy atom. The van der Waals surface area contributed by atoms with Gasteiger partial charge in [0.1, 0.15) is 11.6 Å². The predicted octanol–water partition coefficient (Wildman–Crippen LogP) is 0.938. The molecule has 6 nitrogen and oxygen atoms in total. The number of aromatic amines is 1. The van der Waals surface area contributed by atoms with Gasteiger partial charge < -0.3 is 4.98 Å². The molecule has 0 unspecified atom stereocenters. The Morgan fingerprint density at radius 1 is 1.29 bits per heavy atom. The molecule has 0 aromatic carbocycles. The molecule has 0 saturated carbocycles. The lowest BCUT2D eigenvalue weighted by atomic mass is 10.5. The molecular formula is C10H12N4O2S. The molecule has 0 bridgehead atoms. The number of hydrogen-bond acceptors (Lipinski definition) is 4. The molecule has 0 aliphatic carbocycles. The largest absolute Gasteiger partial charge is 0.332 e. The first-order chi connectivity index (χ1) is 8.01. The number of rotatable bonds is 3. The number of anilines is 1. The van der Waals surface area contributed by atoms with Gasteiger partial charge in [-0.25, -0.2) is 9.97 Å². The first-order valence-corrected chi connectivity index (χ1v) is 6.37. The highest BCUT2D eigenvalue weighted by atomic mass is 32.2. The van der Waals surface area contributed by atoms with Gasteiger partial charge in [0.15, 0.2) is 5.03 Å². The normalized spacial score (nSPS) is 11.4. The summed E-state index contributed by atoms with van der Waals surface area (Å²) in [7, 11) is -2.17. The maximum Gasteiger partial charge on any atom is 0.282 e. The number of imidazole rings is 1. The fourth-order valence-corrected chi connectivity index (χ4v) is 2.45. The average Bonchev–Trinajstić information content (AvgIpc) is 2.77. The van der Waals surface area contributed by atoms with Crippen LogP contribution in [0, 0.1) is 6.92 Å². The molecule has 0 radical (unpaired) electrons. The first kappa shape index (κ1) is 11.6. The zero-order chi connectivity index (χ0) is 12.5. The van der Waals surface area contributed by atoms with E-state index >= 15 is 0 Å². The molecule has 90 valence electrons. The third-order valence-electron chi connectivity index (χ3n) is 2.29. The standard InChI is InChI=1S/C10H12N4O2S/c1-8-12-7-10(13-8)17(15,16)14(2)9-5-3-4-6-11-9/h3-7H,1-2H3,(H,12,13). The second-order valence-corrected chi connectivity index (χ2v) is 5.43. The van der Waals surface area contributed by atoms with Crippen LogP contribution in [0.3, 0.4) is 0 Å². The van der Waals surface area contributed by atoms with Crippen molar-refractivity contribution in [3.63, 3.8) is 0 Å². The monoisotopic (exact) mass is 252 g/mol. The fraction of sp³-hybridized carbons (Fsp3) is 0.200. The molecule has 0 saturated heterocycles. The van der Waals surface area contributed by atoms with Crippen molar-refractivity contribution in [3.05, 3.63) is 36.4 Å². The minimum absolute atomic E-state index is 0.0585. The summed E-state index contributed by atoms with van der Waals surface area (Å²) in [6.07, 6.45) is 2.84. The lowest BCUT2D eigenvalue weighted by Gasteiger charge is -2.16. The van der Waals surface area contributed by atoms with Crippen molar-refractivity contribution in [2.45, 2.75) is 11.9 Å². The summed E-state index contributed by atoms with van der Waals surface area (Å²) in [6.45, 7) is 1.69. The van der Waals surface area contributed by atoms with E-state index in [1.807, 2.05) is 0 Å². The van der Waals surface area contributed by atoms with Gasteiger partial charge in [0.25, 0.3) is 10.0 Å². The molecular weight excluding hydrogens is 240 g/mol. The second-order valence-electron chi connectivity index (χ2n) is 3.49. The zero-order valence-corrected chi connectivity index (χ0v) is 10.3. The molecule has 0 aliphatic heterocycles. The molecule has 7 heteroatoms. The van der Waals surface area contributed by atoms with Gasteiger partial charge >= 0.3 is 0 Å². The third-order valence-corrected chi connectivity index (χ3v) is 3.96. The highest BCUT2D eigenvalue weighted by Crippen LogP contribution is 2.17. The average molecular weight is 252 g/mol. The molecule has 1 N–H and O–H groups in total. The van der Waals surface area contributed by atoms with Crippen LogP contribution in [0.1, 0.15) is 5.82 Å². The van der Waals surface area contributed by atoms with Crippen molar-refractivity contribution in [2.75, 3.05) is 11.4 Å². The van der Waals surface area contributed by atoms with Gasteiger partial charge in [-0.15, -0.1) is 0 Å². The van der Waals surface area contributed by atoms with E-state index in [9.17, 15) is 8.42 Å². The quantitative estimate of drug-likeness (QED) is 0.881. The smallest absolute Gasteiger partial charge is 0.282 e. The topological polar surface area (TPSA) is 79.0 Å². The van der Waals surface area contributed by atoms with Crippen LogP contribution >= 0.6 is 0 Å². The van der Waals surface area contributed by atoms with Gasteiger partial charge in [0.2, 0.25) is 0 Å². The Balaban J connectivity index is 2.40. The van der Waals surface area contributed by atoms with Crippen molar-refractivity contribution < 1.29 is 8.42 Å². The third kappa shape index (κ3) is 2.14. The van der Waals surface area contributed by atoms with Crippen LogP contribution in [0.5, 0.6) is 0 Å². The Hall–Kier alpha value is -1.89. The molecule has 0 amide bonds. The van der Waals surface area contributed by atoms with E-state index in [4.69, 9.17) is 0 Å². The van der Waals surface area contributed by atoms with Gasteiger partial charge in [0.05, 0.1) is 6.20 Å². The van der Waals surface area contributed by atoms with Crippen LogP contribution in [0.25, 0.3) is 0 Å². The maximum atomic E-state index is 12.2. The molecule has 2 heterocycles. The van der Waals surface area contributed by atoms with Crippen molar-refractivity contribution >= 4 is 15.8 Å². The van der Waals surface area contributed by atoms with E-state index < -0.39 is 10.0 Å². The first-order valence-electron chi connectivity index (χ1n) is 4.93. The summed E-state index contributed by atoms with van der Waals surface area (Å²) >= 11 is 0. The van der Waals surface area contributed by atoms with E-state index in [0.717, 1.165) is 4.31 Å². The molecule has 2 aromatic rings. The van der Waals surface area contributed by atoms with E-state index in [1.165, 1.54) is 13.2 Å². The lowest BCUT2D eigenvalue weighted by molar-refractivity contribution is 0.590. The van der Waals surface area contributed by atoms with E-state index in [2.05, 4.69) is 15.0 Å². The molecule has 2 aromatic heterocycles. The van der Waals surface area contributed by atoms with E-state index in [1.54, 1.807) is 31.3 Å².